The van der Waals surface area contributed by atoms with E-state index in [1.165, 1.54) is 6.07 Å². The highest BCUT2D eigenvalue weighted by Crippen LogP contribution is 2.27. The van der Waals surface area contributed by atoms with Crippen molar-refractivity contribution in [2.75, 3.05) is 13.1 Å². The second-order valence-electron chi connectivity index (χ2n) is 4.62. The van der Waals surface area contributed by atoms with Crippen molar-refractivity contribution in [3.8, 4) is 0 Å². The van der Waals surface area contributed by atoms with Crippen LogP contribution in [0.4, 0.5) is 4.39 Å². The fourth-order valence-corrected chi connectivity index (χ4v) is 2.73. The first kappa shape index (κ1) is 10.7. The van der Waals surface area contributed by atoms with Crippen LogP contribution in [-0.2, 0) is 0 Å². The first-order valence-electron chi connectivity index (χ1n) is 6.11. The SMILES string of the molecule is Cc1nc2cccc(F)c2n1C1CCNCC1. The maximum Gasteiger partial charge on any atom is 0.149 e. The van der Waals surface area contributed by atoms with Gasteiger partial charge in [-0.15, -0.1) is 0 Å². The lowest BCUT2D eigenvalue weighted by atomic mass is 10.1. The minimum Gasteiger partial charge on any atom is -0.323 e. The quantitative estimate of drug-likeness (QED) is 0.819. The van der Waals surface area contributed by atoms with Crippen LogP contribution in [0.2, 0.25) is 0 Å². The van der Waals surface area contributed by atoms with Crippen LogP contribution in [0.1, 0.15) is 24.7 Å². The van der Waals surface area contributed by atoms with Crippen molar-refractivity contribution in [3.63, 3.8) is 0 Å². The molecule has 0 saturated carbocycles. The molecule has 4 heteroatoms. The monoisotopic (exact) mass is 233 g/mol. The molecule has 0 amide bonds. The number of piperidine rings is 1. The van der Waals surface area contributed by atoms with Gasteiger partial charge >= 0.3 is 0 Å². The van der Waals surface area contributed by atoms with Gasteiger partial charge in [0, 0.05) is 6.04 Å². The van der Waals surface area contributed by atoms with Crippen molar-refractivity contribution >= 4 is 11.0 Å². The Morgan fingerprint density at radius 1 is 1.35 bits per heavy atom. The van der Waals surface area contributed by atoms with Gasteiger partial charge in [0.15, 0.2) is 0 Å². The zero-order chi connectivity index (χ0) is 11.8. The van der Waals surface area contributed by atoms with Gasteiger partial charge in [0.05, 0.1) is 5.52 Å². The van der Waals surface area contributed by atoms with E-state index in [0.29, 0.717) is 11.6 Å². The van der Waals surface area contributed by atoms with Gasteiger partial charge in [-0.2, -0.15) is 0 Å². The van der Waals surface area contributed by atoms with E-state index in [1.807, 2.05) is 13.0 Å². The molecular weight excluding hydrogens is 217 g/mol. The van der Waals surface area contributed by atoms with E-state index < -0.39 is 0 Å². The molecule has 0 aliphatic carbocycles. The summed E-state index contributed by atoms with van der Waals surface area (Å²) in [6, 6.07) is 5.49. The molecule has 0 bridgehead atoms. The molecule has 3 rings (SSSR count). The van der Waals surface area contributed by atoms with Gasteiger partial charge in [-0.05, 0) is 45.0 Å². The molecule has 1 saturated heterocycles. The summed E-state index contributed by atoms with van der Waals surface area (Å²) < 4.78 is 16.0. The normalized spacial score (nSPS) is 17.8. The van der Waals surface area contributed by atoms with E-state index in [4.69, 9.17) is 0 Å². The van der Waals surface area contributed by atoms with Crippen molar-refractivity contribution in [2.24, 2.45) is 0 Å². The number of nitrogens with one attached hydrogen (secondary N) is 1. The average molecular weight is 233 g/mol. The molecule has 0 unspecified atom stereocenters. The second kappa shape index (κ2) is 4.11. The molecule has 1 fully saturated rings. The fourth-order valence-electron chi connectivity index (χ4n) is 2.73. The molecule has 3 nitrogen and oxygen atoms in total. The lowest BCUT2D eigenvalue weighted by Crippen LogP contribution is -2.29. The van der Waals surface area contributed by atoms with Gasteiger partial charge in [0.25, 0.3) is 0 Å². The number of hydrogen-bond donors (Lipinski definition) is 1. The minimum atomic E-state index is -0.165. The Kier molecular flexibility index (Phi) is 2.59. The van der Waals surface area contributed by atoms with Crippen molar-refractivity contribution in [2.45, 2.75) is 25.8 Å². The van der Waals surface area contributed by atoms with Crippen LogP contribution in [-0.4, -0.2) is 22.6 Å². The van der Waals surface area contributed by atoms with E-state index in [2.05, 4.69) is 14.9 Å². The Morgan fingerprint density at radius 3 is 2.88 bits per heavy atom. The summed E-state index contributed by atoms with van der Waals surface area (Å²) in [7, 11) is 0. The molecule has 2 aromatic rings. The topological polar surface area (TPSA) is 29.9 Å². The third kappa shape index (κ3) is 1.72. The highest BCUT2D eigenvalue weighted by atomic mass is 19.1. The van der Waals surface area contributed by atoms with Gasteiger partial charge < -0.3 is 9.88 Å². The largest absolute Gasteiger partial charge is 0.323 e. The van der Waals surface area contributed by atoms with E-state index in [0.717, 1.165) is 37.3 Å². The molecule has 1 N–H and O–H groups in total. The molecule has 0 spiro atoms. The van der Waals surface area contributed by atoms with Crippen molar-refractivity contribution < 1.29 is 4.39 Å². The predicted molar refractivity (Wildman–Crippen MR) is 65.6 cm³/mol. The van der Waals surface area contributed by atoms with Gasteiger partial charge in [-0.3, -0.25) is 0 Å². The number of aromatic nitrogens is 2. The Bertz CT molecular complexity index is 541. The number of benzene rings is 1. The molecule has 0 radical (unpaired) electrons. The van der Waals surface area contributed by atoms with Crippen LogP contribution < -0.4 is 5.32 Å². The van der Waals surface area contributed by atoms with Gasteiger partial charge in [-0.1, -0.05) is 6.07 Å². The van der Waals surface area contributed by atoms with Crippen molar-refractivity contribution in [3.05, 3.63) is 29.8 Å². The van der Waals surface area contributed by atoms with Crippen LogP contribution in [0, 0.1) is 12.7 Å². The zero-order valence-corrected chi connectivity index (χ0v) is 9.91. The maximum atomic E-state index is 13.9. The van der Waals surface area contributed by atoms with Crippen molar-refractivity contribution in [1.29, 1.82) is 0 Å². The van der Waals surface area contributed by atoms with Gasteiger partial charge in [-0.25, -0.2) is 9.37 Å². The smallest absolute Gasteiger partial charge is 0.149 e. The fraction of sp³-hybridized carbons (Fsp3) is 0.462. The summed E-state index contributed by atoms with van der Waals surface area (Å²) >= 11 is 0. The van der Waals surface area contributed by atoms with Gasteiger partial charge in [0.2, 0.25) is 0 Å². The summed E-state index contributed by atoms with van der Waals surface area (Å²) in [4.78, 5) is 4.45. The molecule has 1 aromatic heterocycles. The van der Waals surface area contributed by atoms with E-state index >= 15 is 0 Å². The Morgan fingerprint density at radius 2 is 2.12 bits per heavy atom. The number of para-hydroxylation sites is 1. The second-order valence-corrected chi connectivity index (χ2v) is 4.62. The number of nitrogens with zero attached hydrogens (tertiary/aromatic N) is 2. The first-order valence-corrected chi connectivity index (χ1v) is 6.11. The summed E-state index contributed by atoms with van der Waals surface area (Å²) in [5.74, 6) is 0.749. The van der Waals surface area contributed by atoms with Crippen LogP contribution in [0.25, 0.3) is 11.0 Å². The predicted octanol–water partition coefficient (Wildman–Crippen LogP) is 2.41. The summed E-state index contributed by atoms with van der Waals surface area (Å²) in [5.41, 5.74) is 1.43. The van der Waals surface area contributed by atoms with Crippen molar-refractivity contribution in [1.82, 2.24) is 14.9 Å². The first-order chi connectivity index (χ1) is 8.27. The lowest BCUT2D eigenvalue weighted by molar-refractivity contribution is 0.368. The molecule has 17 heavy (non-hydrogen) atoms. The Labute approximate surface area is 99.7 Å². The molecule has 1 aliphatic heterocycles. The molecule has 1 aliphatic rings. The average Bonchev–Trinajstić information content (AvgIpc) is 2.68. The zero-order valence-electron chi connectivity index (χ0n) is 9.91. The van der Waals surface area contributed by atoms with E-state index in [1.54, 1.807) is 6.07 Å². The Balaban J connectivity index is 2.16. The standard InChI is InChI=1S/C13H16FN3/c1-9-16-12-4-2-3-11(14)13(12)17(9)10-5-7-15-8-6-10/h2-4,10,15H,5-8H2,1H3. The minimum absolute atomic E-state index is 0.165. The number of aryl methyl sites for hydroxylation is 1. The molecule has 0 atom stereocenters. The molecule has 1 aromatic carbocycles. The highest BCUT2D eigenvalue weighted by Gasteiger charge is 2.21. The van der Waals surface area contributed by atoms with Crippen LogP contribution in [0.3, 0.4) is 0 Å². The van der Waals surface area contributed by atoms with Gasteiger partial charge in [0.1, 0.15) is 17.2 Å². The summed E-state index contributed by atoms with van der Waals surface area (Å²) in [6.45, 7) is 3.96. The lowest BCUT2D eigenvalue weighted by Gasteiger charge is -2.25. The van der Waals surface area contributed by atoms with Crippen LogP contribution in [0.5, 0.6) is 0 Å². The van der Waals surface area contributed by atoms with Crippen LogP contribution in [0.15, 0.2) is 18.2 Å². The Hall–Kier alpha value is -1.42. The molecule has 2 heterocycles. The summed E-state index contributed by atoms with van der Waals surface area (Å²) in [6.07, 6.45) is 2.08. The molecule has 90 valence electrons. The highest BCUT2D eigenvalue weighted by molar-refractivity contribution is 5.76. The number of fused-ring (bicyclic) bond motifs is 1. The number of halogens is 1. The van der Waals surface area contributed by atoms with Crippen LogP contribution >= 0.6 is 0 Å². The number of imidazole rings is 1. The van der Waals surface area contributed by atoms with E-state index in [9.17, 15) is 4.39 Å². The summed E-state index contributed by atoms with van der Waals surface area (Å²) in [5, 5.41) is 3.33. The number of hydrogen-bond acceptors (Lipinski definition) is 2. The maximum absolute atomic E-state index is 13.9. The third-order valence-corrected chi connectivity index (χ3v) is 3.51. The molecular formula is C13H16FN3. The number of rotatable bonds is 1. The van der Waals surface area contributed by atoms with E-state index in [-0.39, 0.29) is 5.82 Å². The third-order valence-electron chi connectivity index (χ3n) is 3.51.